The van der Waals surface area contributed by atoms with Crippen LogP contribution in [-0.2, 0) is 19.6 Å². The van der Waals surface area contributed by atoms with Crippen LogP contribution in [0.1, 0.15) is 12.8 Å². The van der Waals surface area contributed by atoms with Gasteiger partial charge in [-0.2, -0.15) is 0 Å². The molecule has 25 heavy (non-hydrogen) atoms. The minimum Gasteiger partial charge on any atom is -0.338 e. The summed E-state index contributed by atoms with van der Waals surface area (Å²) in [7, 11) is -3.64. The fourth-order valence-electron chi connectivity index (χ4n) is 2.65. The van der Waals surface area contributed by atoms with Gasteiger partial charge in [0.25, 0.3) is 0 Å². The summed E-state index contributed by atoms with van der Waals surface area (Å²) in [6.07, 6.45) is 3.44. The number of nitrogens with one attached hydrogen (secondary N) is 2. The lowest BCUT2D eigenvalue weighted by Gasteiger charge is -2.31. The van der Waals surface area contributed by atoms with Crippen LogP contribution in [0.5, 0.6) is 0 Å². The van der Waals surface area contributed by atoms with Gasteiger partial charge in [-0.3, -0.25) is 14.3 Å². The molecule has 0 aromatic heterocycles. The van der Waals surface area contributed by atoms with E-state index in [1.54, 1.807) is 4.90 Å². The van der Waals surface area contributed by atoms with Crippen LogP contribution in [0.3, 0.4) is 0 Å². The van der Waals surface area contributed by atoms with E-state index in [2.05, 4.69) is 16.6 Å². The number of carbonyl (C=O) groups excluding carboxylic acids is 2. The number of hydrogen-bond acceptors (Lipinski definition) is 4. The quantitative estimate of drug-likeness (QED) is 0.770. The number of halogens is 1. The Bertz CT molecular complexity index is 795. The van der Waals surface area contributed by atoms with Crippen LogP contribution in [-0.4, -0.2) is 44.5 Å². The van der Waals surface area contributed by atoms with Crippen molar-refractivity contribution in [3.63, 3.8) is 0 Å². The Morgan fingerprint density at radius 2 is 2.12 bits per heavy atom. The number of amides is 2. The topological polar surface area (TPSA) is 95.6 Å². The van der Waals surface area contributed by atoms with E-state index in [1.807, 2.05) is 0 Å². The number of anilines is 2. The van der Waals surface area contributed by atoms with Crippen LogP contribution < -0.4 is 10.0 Å². The highest BCUT2D eigenvalue weighted by Crippen LogP contribution is 2.23. The second-order valence-corrected chi connectivity index (χ2v) is 7.63. The van der Waals surface area contributed by atoms with E-state index in [0.717, 1.165) is 12.3 Å². The Morgan fingerprint density at radius 3 is 2.76 bits per heavy atom. The molecule has 1 fully saturated rings. The summed E-state index contributed by atoms with van der Waals surface area (Å²) in [5.41, 5.74) is 0.0251. The first-order valence-electron chi connectivity index (χ1n) is 7.69. The van der Waals surface area contributed by atoms with Gasteiger partial charge in [0.2, 0.25) is 21.8 Å². The summed E-state index contributed by atoms with van der Waals surface area (Å²) in [5, 5.41) is 2.64. The molecule has 1 aliphatic rings. The largest absolute Gasteiger partial charge is 0.338 e. The molecule has 1 aromatic rings. The zero-order valence-electron chi connectivity index (χ0n) is 13.8. The third-order valence-electron chi connectivity index (χ3n) is 3.81. The van der Waals surface area contributed by atoms with Crippen LogP contribution in [0, 0.1) is 11.7 Å². The number of benzene rings is 1. The predicted octanol–water partition coefficient (Wildman–Crippen LogP) is 1.56. The standard InChI is InChI=1S/C16H20FN3O4S/c1-3-15(21)20-8-4-5-11(10-20)16(22)18-12-6-7-13(17)14(9-12)19-25(2,23)24/h3,6-7,9,11,19H,1,4-5,8,10H2,2H3,(H,18,22). The van der Waals surface area contributed by atoms with Crippen molar-refractivity contribution in [3.05, 3.63) is 36.7 Å². The second-order valence-electron chi connectivity index (χ2n) is 5.89. The number of hydrogen-bond donors (Lipinski definition) is 2. The van der Waals surface area contributed by atoms with Gasteiger partial charge in [-0.1, -0.05) is 6.58 Å². The lowest BCUT2D eigenvalue weighted by molar-refractivity contribution is -0.130. The normalized spacial score (nSPS) is 17.7. The highest BCUT2D eigenvalue weighted by Gasteiger charge is 2.27. The number of likely N-dealkylation sites (tertiary alicyclic amines) is 1. The van der Waals surface area contributed by atoms with Crippen LogP contribution in [0.2, 0.25) is 0 Å². The van der Waals surface area contributed by atoms with Crippen molar-refractivity contribution >= 4 is 33.2 Å². The number of carbonyl (C=O) groups is 2. The molecule has 1 aliphatic heterocycles. The Morgan fingerprint density at radius 1 is 1.40 bits per heavy atom. The third kappa shape index (κ3) is 5.28. The van der Waals surface area contributed by atoms with E-state index in [0.29, 0.717) is 19.4 Å². The molecule has 0 spiro atoms. The number of nitrogens with zero attached hydrogens (tertiary/aromatic N) is 1. The summed E-state index contributed by atoms with van der Waals surface area (Å²) in [5.74, 6) is -1.67. The van der Waals surface area contributed by atoms with E-state index >= 15 is 0 Å². The van der Waals surface area contributed by atoms with Gasteiger partial charge in [0.15, 0.2) is 0 Å². The van der Waals surface area contributed by atoms with Crippen LogP contribution in [0.4, 0.5) is 15.8 Å². The molecule has 2 rings (SSSR count). The molecule has 1 heterocycles. The molecule has 1 atom stereocenters. The Labute approximate surface area is 145 Å². The zero-order valence-corrected chi connectivity index (χ0v) is 14.6. The van der Waals surface area contributed by atoms with E-state index < -0.39 is 21.8 Å². The van der Waals surface area contributed by atoms with E-state index in [9.17, 15) is 22.4 Å². The summed E-state index contributed by atoms with van der Waals surface area (Å²) < 4.78 is 38.2. The first kappa shape index (κ1) is 18.9. The van der Waals surface area contributed by atoms with Crippen molar-refractivity contribution in [2.75, 3.05) is 29.4 Å². The van der Waals surface area contributed by atoms with Gasteiger partial charge in [0, 0.05) is 18.8 Å². The Kier molecular flexibility index (Phi) is 5.78. The van der Waals surface area contributed by atoms with Gasteiger partial charge >= 0.3 is 0 Å². The molecule has 0 aliphatic carbocycles. The fraction of sp³-hybridized carbons (Fsp3) is 0.375. The summed E-state index contributed by atoms with van der Waals surface area (Å²) in [6.45, 7) is 4.30. The highest BCUT2D eigenvalue weighted by molar-refractivity contribution is 7.92. The monoisotopic (exact) mass is 369 g/mol. The maximum Gasteiger partial charge on any atom is 0.245 e. The first-order valence-corrected chi connectivity index (χ1v) is 9.58. The SMILES string of the molecule is C=CC(=O)N1CCCC(C(=O)Nc2ccc(F)c(NS(C)(=O)=O)c2)C1. The van der Waals surface area contributed by atoms with Crippen LogP contribution in [0.15, 0.2) is 30.9 Å². The van der Waals surface area contributed by atoms with Gasteiger partial charge in [0.1, 0.15) is 5.82 Å². The molecule has 0 radical (unpaired) electrons. The molecule has 1 saturated heterocycles. The molecule has 1 aromatic carbocycles. The first-order chi connectivity index (χ1) is 11.7. The average molecular weight is 369 g/mol. The summed E-state index contributed by atoms with van der Waals surface area (Å²) >= 11 is 0. The smallest absolute Gasteiger partial charge is 0.245 e. The summed E-state index contributed by atoms with van der Waals surface area (Å²) in [4.78, 5) is 25.6. The van der Waals surface area contributed by atoms with Gasteiger partial charge in [-0.25, -0.2) is 12.8 Å². The highest BCUT2D eigenvalue weighted by atomic mass is 32.2. The van der Waals surface area contributed by atoms with Gasteiger partial charge in [-0.05, 0) is 37.1 Å². The zero-order chi connectivity index (χ0) is 18.6. The molecule has 1 unspecified atom stereocenters. The maximum atomic E-state index is 13.7. The van der Waals surface area contributed by atoms with Crippen LogP contribution in [0.25, 0.3) is 0 Å². The Hall–Kier alpha value is -2.42. The average Bonchev–Trinajstić information content (AvgIpc) is 2.56. The molecule has 2 amide bonds. The third-order valence-corrected chi connectivity index (χ3v) is 4.40. The minimum atomic E-state index is -3.64. The number of sulfonamides is 1. The van der Waals surface area contributed by atoms with E-state index in [-0.39, 0.29) is 29.7 Å². The molecule has 136 valence electrons. The predicted molar refractivity (Wildman–Crippen MR) is 93.0 cm³/mol. The van der Waals surface area contributed by atoms with E-state index in [4.69, 9.17) is 0 Å². The van der Waals surface area contributed by atoms with Crippen molar-refractivity contribution in [1.82, 2.24) is 4.90 Å². The van der Waals surface area contributed by atoms with E-state index in [1.165, 1.54) is 18.2 Å². The molecule has 0 saturated carbocycles. The van der Waals surface area contributed by atoms with Gasteiger partial charge in [-0.15, -0.1) is 0 Å². The fourth-order valence-corrected chi connectivity index (χ4v) is 3.20. The lowest BCUT2D eigenvalue weighted by atomic mass is 9.97. The molecular formula is C16H20FN3O4S. The van der Waals surface area contributed by atoms with Gasteiger partial charge in [0.05, 0.1) is 17.9 Å². The molecular weight excluding hydrogens is 349 g/mol. The molecule has 0 bridgehead atoms. The maximum absolute atomic E-state index is 13.7. The van der Waals surface area contributed by atoms with Crippen molar-refractivity contribution in [2.24, 2.45) is 5.92 Å². The summed E-state index contributed by atoms with van der Waals surface area (Å²) in [6, 6.07) is 3.62. The number of rotatable bonds is 5. The Balaban J connectivity index is 2.08. The van der Waals surface area contributed by atoms with Crippen molar-refractivity contribution in [3.8, 4) is 0 Å². The van der Waals surface area contributed by atoms with Gasteiger partial charge < -0.3 is 10.2 Å². The van der Waals surface area contributed by atoms with Crippen molar-refractivity contribution < 1.29 is 22.4 Å². The molecule has 7 nitrogen and oxygen atoms in total. The molecule has 2 N–H and O–H groups in total. The van der Waals surface area contributed by atoms with Crippen LogP contribution >= 0.6 is 0 Å². The lowest BCUT2D eigenvalue weighted by Crippen LogP contribution is -2.43. The second kappa shape index (κ2) is 7.64. The van der Waals surface area contributed by atoms with Crippen molar-refractivity contribution in [2.45, 2.75) is 12.8 Å². The minimum absolute atomic E-state index is 0.223. The van der Waals surface area contributed by atoms with Crippen molar-refractivity contribution in [1.29, 1.82) is 0 Å². The number of piperidine rings is 1. The molecule has 9 heteroatoms.